The minimum atomic E-state index is -4.38. The third kappa shape index (κ3) is 5.60. The van der Waals surface area contributed by atoms with Gasteiger partial charge in [-0.3, -0.25) is 9.59 Å². The zero-order valence-electron chi connectivity index (χ0n) is 11.2. The second-order valence-corrected chi connectivity index (χ2v) is 4.27. The average Bonchev–Trinajstić information content (AvgIpc) is 2.48. The normalized spacial score (nSPS) is 10.3. The molecule has 0 N–H and O–H groups in total. The Balaban J connectivity index is 0.000000219. The highest BCUT2D eigenvalue weighted by Gasteiger charge is 2.30. The van der Waals surface area contributed by atoms with Crippen molar-refractivity contribution < 1.29 is 22.8 Å². The maximum atomic E-state index is 12.0. The molecule has 0 radical (unpaired) electrons. The van der Waals surface area contributed by atoms with Crippen LogP contribution in [0.1, 0.15) is 31.8 Å². The lowest BCUT2D eigenvalue weighted by Gasteiger charge is -2.05. The van der Waals surface area contributed by atoms with Crippen LogP contribution in [0, 0.1) is 6.92 Å². The zero-order valence-corrected chi connectivity index (χ0v) is 11.2. The van der Waals surface area contributed by atoms with E-state index in [-0.39, 0.29) is 5.56 Å². The van der Waals surface area contributed by atoms with Crippen LogP contribution in [0.5, 0.6) is 0 Å². The maximum absolute atomic E-state index is 12.0. The van der Waals surface area contributed by atoms with E-state index in [0.717, 1.165) is 24.0 Å². The largest absolute Gasteiger partial charge is 0.416 e. The Morgan fingerprint density at radius 1 is 0.857 bits per heavy atom. The van der Waals surface area contributed by atoms with E-state index in [1.54, 1.807) is 0 Å². The fourth-order valence-electron chi connectivity index (χ4n) is 1.43. The van der Waals surface area contributed by atoms with Crippen LogP contribution in [-0.4, -0.2) is 12.6 Å². The van der Waals surface area contributed by atoms with Gasteiger partial charge in [0.15, 0.2) is 0 Å². The summed E-state index contributed by atoms with van der Waals surface area (Å²) in [6.45, 7) is 1.99. The molecule has 0 amide bonds. The van der Waals surface area contributed by atoms with Gasteiger partial charge in [0.25, 0.3) is 0 Å². The number of aldehydes is 2. The van der Waals surface area contributed by atoms with Crippen molar-refractivity contribution >= 4 is 12.6 Å². The molecule has 0 aliphatic heterocycles. The number of hydrogen-bond donors (Lipinski definition) is 0. The SMILES string of the molecule is Cc1ccc(C=O)cc1.O=Cc1cccc(C(F)(F)F)c1. The first-order chi connectivity index (χ1) is 9.86. The summed E-state index contributed by atoms with van der Waals surface area (Å²) in [7, 11) is 0. The number of benzene rings is 2. The summed E-state index contributed by atoms with van der Waals surface area (Å²) >= 11 is 0. The second kappa shape index (κ2) is 7.38. The standard InChI is InChI=1S/C8H5F3O.C8H8O/c9-8(10,11)7-3-1-2-6(4-7)5-12;1-7-2-4-8(6-9)5-3-7/h1-5H;2-6H,1H3. The van der Waals surface area contributed by atoms with Crippen LogP contribution in [0.4, 0.5) is 13.2 Å². The molecule has 110 valence electrons. The average molecular weight is 294 g/mol. The van der Waals surface area contributed by atoms with Crippen LogP contribution in [-0.2, 0) is 6.18 Å². The summed E-state index contributed by atoms with van der Waals surface area (Å²) in [6, 6.07) is 11.7. The van der Waals surface area contributed by atoms with Gasteiger partial charge in [-0.25, -0.2) is 0 Å². The van der Waals surface area contributed by atoms with Crippen LogP contribution < -0.4 is 0 Å². The molecule has 5 heteroatoms. The van der Waals surface area contributed by atoms with E-state index in [1.807, 2.05) is 31.2 Å². The van der Waals surface area contributed by atoms with Crippen LogP contribution in [0.15, 0.2) is 48.5 Å². The fraction of sp³-hybridized carbons (Fsp3) is 0.125. The minimum absolute atomic E-state index is 0.0322. The molecule has 0 aromatic heterocycles. The van der Waals surface area contributed by atoms with Gasteiger partial charge < -0.3 is 0 Å². The lowest BCUT2D eigenvalue weighted by Crippen LogP contribution is -2.04. The number of carbonyl (C=O) groups excluding carboxylic acids is 2. The van der Waals surface area contributed by atoms with Gasteiger partial charge in [-0.2, -0.15) is 13.2 Å². The summed E-state index contributed by atoms with van der Waals surface area (Å²) < 4.78 is 36.0. The van der Waals surface area contributed by atoms with Crippen molar-refractivity contribution in [1.82, 2.24) is 0 Å². The molecule has 0 spiro atoms. The van der Waals surface area contributed by atoms with Crippen LogP contribution in [0.25, 0.3) is 0 Å². The Hall–Kier alpha value is -2.43. The lowest BCUT2D eigenvalue weighted by atomic mass is 10.1. The molecule has 21 heavy (non-hydrogen) atoms. The third-order valence-electron chi connectivity index (χ3n) is 2.56. The number of halogens is 3. The maximum Gasteiger partial charge on any atom is 0.416 e. The summed E-state index contributed by atoms with van der Waals surface area (Å²) in [4.78, 5) is 20.2. The molecule has 0 heterocycles. The van der Waals surface area contributed by atoms with E-state index in [9.17, 15) is 22.8 Å². The van der Waals surface area contributed by atoms with Gasteiger partial charge in [0.05, 0.1) is 5.56 Å². The lowest BCUT2D eigenvalue weighted by molar-refractivity contribution is -0.137. The highest BCUT2D eigenvalue weighted by atomic mass is 19.4. The van der Waals surface area contributed by atoms with Gasteiger partial charge in [-0.15, -0.1) is 0 Å². The third-order valence-corrected chi connectivity index (χ3v) is 2.56. The highest BCUT2D eigenvalue weighted by Crippen LogP contribution is 2.29. The Labute approximate surface area is 120 Å². The predicted molar refractivity (Wildman–Crippen MR) is 73.4 cm³/mol. The smallest absolute Gasteiger partial charge is 0.298 e. The van der Waals surface area contributed by atoms with Gasteiger partial charge in [0, 0.05) is 11.1 Å². The van der Waals surface area contributed by atoms with E-state index >= 15 is 0 Å². The molecule has 0 saturated carbocycles. The van der Waals surface area contributed by atoms with Crippen molar-refractivity contribution in [2.24, 2.45) is 0 Å². The molecular formula is C16H13F3O2. The molecule has 2 aromatic rings. The Morgan fingerprint density at radius 2 is 1.43 bits per heavy atom. The van der Waals surface area contributed by atoms with Crippen molar-refractivity contribution in [3.63, 3.8) is 0 Å². The van der Waals surface area contributed by atoms with Gasteiger partial charge in [0.2, 0.25) is 0 Å². The quantitative estimate of drug-likeness (QED) is 0.773. The number of alkyl halides is 3. The summed E-state index contributed by atoms with van der Waals surface area (Å²) in [5.41, 5.74) is 1.15. The monoisotopic (exact) mass is 294 g/mol. The van der Waals surface area contributed by atoms with Gasteiger partial charge in [-0.05, 0) is 19.1 Å². The minimum Gasteiger partial charge on any atom is -0.298 e. The van der Waals surface area contributed by atoms with Crippen molar-refractivity contribution in [3.8, 4) is 0 Å². The van der Waals surface area contributed by atoms with E-state index in [0.29, 0.717) is 6.29 Å². The molecule has 0 bridgehead atoms. The molecule has 2 rings (SSSR count). The molecule has 2 aromatic carbocycles. The number of aryl methyl sites for hydroxylation is 1. The molecule has 2 nitrogen and oxygen atoms in total. The highest BCUT2D eigenvalue weighted by molar-refractivity contribution is 5.75. The van der Waals surface area contributed by atoms with Crippen molar-refractivity contribution in [1.29, 1.82) is 0 Å². The fourth-order valence-corrected chi connectivity index (χ4v) is 1.43. The molecule has 0 aliphatic rings. The van der Waals surface area contributed by atoms with Crippen LogP contribution in [0.2, 0.25) is 0 Å². The van der Waals surface area contributed by atoms with Crippen molar-refractivity contribution in [2.75, 3.05) is 0 Å². The summed E-state index contributed by atoms with van der Waals surface area (Å²) in [5.74, 6) is 0. The predicted octanol–water partition coefficient (Wildman–Crippen LogP) is 4.33. The Kier molecular flexibility index (Phi) is 5.84. The van der Waals surface area contributed by atoms with Crippen LogP contribution in [0.3, 0.4) is 0 Å². The molecule has 0 fully saturated rings. The first kappa shape index (κ1) is 16.6. The first-order valence-corrected chi connectivity index (χ1v) is 6.01. The zero-order chi connectivity index (χ0) is 15.9. The Bertz CT molecular complexity index is 602. The van der Waals surface area contributed by atoms with E-state index in [2.05, 4.69) is 0 Å². The molecule has 0 saturated heterocycles. The van der Waals surface area contributed by atoms with E-state index in [4.69, 9.17) is 0 Å². The van der Waals surface area contributed by atoms with Crippen molar-refractivity contribution in [3.05, 3.63) is 70.8 Å². The number of rotatable bonds is 2. The van der Waals surface area contributed by atoms with E-state index < -0.39 is 11.7 Å². The number of carbonyl (C=O) groups is 2. The van der Waals surface area contributed by atoms with Crippen LogP contribution >= 0.6 is 0 Å². The van der Waals surface area contributed by atoms with Gasteiger partial charge in [-0.1, -0.05) is 42.0 Å². The molecule has 0 atom stereocenters. The second-order valence-electron chi connectivity index (χ2n) is 4.27. The first-order valence-electron chi connectivity index (χ1n) is 6.01. The van der Waals surface area contributed by atoms with Gasteiger partial charge in [0.1, 0.15) is 12.6 Å². The number of hydrogen-bond acceptors (Lipinski definition) is 2. The Morgan fingerprint density at radius 3 is 1.90 bits per heavy atom. The topological polar surface area (TPSA) is 34.1 Å². The molecule has 0 aliphatic carbocycles. The summed E-state index contributed by atoms with van der Waals surface area (Å²) in [6.07, 6.45) is -3.15. The van der Waals surface area contributed by atoms with E-state index in [1.165, 1.54) is 17.7 Å². The molecule has 0 unspecified atom stereocenters. The molecular weight excluding hydrogens is 281 g/mol. The van der Waals surface area contributed by atoms with Crippen molar-refractivity contribution in [2.45, 2.75) is 13.1 Å². The van der Waals surface area contributed by atoms with Gasteiger partial charge >= 0.3 is 6.18 Å². The summed E-state index contributed by atoms with van der Waals surface area (Å²) in [5, 5.41) is 0.